The van der Waals surface area contributed by atoms with E-state index in [1.165, 1.54) is 57.6 Å². The maximum Gasteiger partial charge on any atom is 0.321 e. The Balaban J connectivity index is 1.25. The van der Waals surface area contributed by atoms with Gasteiger partial charge in [0.1, 0.15) is 12.5 Å². The number of fused-ring (bicyclic) bond motifs is 8. The summed E-state index contributed by atoms with van der Waals surface area (Å²) in [6.45, 7) is 23.5. The lowest BCUT2D eigenvalue weighted by atomic mass is 9.84. The molecule has 10 heteroatoms. The highest BCUT2D eigenvalue weighted by molar-refractivity contribution is 6.23. The highest BCUT2D eigenvalue weighted by Crippen LogP contribution is 2.48. The summed E-state index contributed by atoms with van der Waals surface area (Å²) in [7, 11) is 1.30. The lowest BCUT2D eigenvalue weighted by molar-refractivity contribution is -0.143. The van der Waals surface area contributed by atoms with E-state index in [1.807, 2.05) is 38.1 Å². The molecule has 5 unspecified atom stereocenters. The van der Waals surface area contributed by atoms with E-state index in [4.69, 9.17) is 19.4 Å². The molecule has 0 spiro atoms. The van der Waals surface area contributed by atoms with Crippen LogP contribution < -0.4 is 0 Å². The van der Waals surface area contributed by atoms with Crippen LogP contribution in [0.2, 0.25) is 0 Å². The van der Waals surface area contributed by atoms with Crippen LogP contribution in [0.5, 0.6) is 0 Å². The molecule has 0 fully saturated rings. The summed E-state index contributed by atoms with van der Waals surface area (Å²) in [5.74, 6) is -0.573. The Hall–Kier alpha value is -4.86. The molecule has 3 aromatic heterocycles. The van der Waals surface area contributed by atoms with E-state index in [0.29, 0.717) is 45.8 Å². The fraction of sp³-hybridized carbons (Fsp3) is 0.600. The largest absolute Gasteiger partial charge is 0.468 e. The number of Topliss-reactive ketones (excluding diaryl/α,β-unsaturated/α-hetero) is 2. The molecule has 2 aliphatic heterocycles. The van der Waals surface area contributed by atoms with Crippen molar-refractivity contribution in [2.45, 2.75) is 183 Å². The van der Waals surface area contributed by atoms with Crippen LogP contribution in [0.15, 0.2) is 29.8 Å². The molecule has 6 rings (SSSR count). The Kier molecular flexibility index (Phi) is 16.5. The molecule has 352 valence electrons. The molecule has 3 aromatic rings. The van der Waals surface area contributed by atoms with Crippen LogP contribution in [-0.2, 0) is 19.1 Å². The third kappa shape index (κ3) is 11.1. The van der Waals surface area contributed by atoms with Crippen molar-refractivity contribution in [3.05, 3.63) is 80.4 Å². The Labute approximate surface area is 387 Å². The monoisotopic (exact) mass is 889 g/mol. The van der Waals surface area contributed by atoms with Gasteiger partial charge in [0.05, 0.1) is 23.8 Å². The van der Waals surface area contributed by atoms with Crippen molar-refractivity contribution in [1.82, 2.24) is 19.9 Å². The second-order valence-corrected chi connectivity index (χ2v) is 20.3. The highest BCUT2D eigenvalue weighted by atomic mass is 16.5. The minimum atomic E-state index is -1.21. The molecule has 0 aromatic carbocycles. The summed E-state index contributed by atoms with van der Waals surface area (Å²) in [5.41, 5.74) is 10.1. The maximum absolute atomic E-state index is 14.4. The van der Waals surface area contributed by atoms with Gasteiger partial charge in [-0.25, -0.2) is 0 Å². The van der Waals surface area contributed by atoms with E-state index < -0.39 is 11.9 Å². The zero-order valence-electron chi connectivity index (χ0n) is 41.5. The van der Waals surface area contributed by atoms with Crippen LogP contribution in [0, 0.1) is 31.6 Å². The number of aromatic amines is 2. The van der Waals surface area contributed by atoms with Crippen LogP contribution in [0.25, 0.3) is 22.1 Å². The number of allylic oxidation sites excluding steroid dienone is 1. The number of aryl methyl sites for hydroxylation is 2. The first-order valence-electron chi connectivity index (χ1n) is 24.7. The average Bonchev–Trinajstić information content (AvgIpc) is 4.00. The fourth-order valence-corrected chi connectivity index (χ4v) is 10.8. The van der Waals surface area contributed by atoms with Gasteiger partial charge in [-0.05, 0) is 107 Å². The van der Waals surface area contributed by atoms with Gasteiger partial charge in [-0.3, -0.25) is 29.1 Å². The van der Waals surface area contributed by atoms with E-state index in [2.05, 4.69) is 65.4 Å². The standard InChI is InChI=1S/C55H76N4O6/c1-13-39-34(7)41-29-46-48(38(11)60)36(9)43(57-46)27-42-35(8)40(52(58-42)50-51(55(63)64-12)54(62)49-37(10)44(59-53(49)50)28-45(39)56-41)23-24-47(61)65-26-25-33(6)22-16-21-32(5)20-15-19-31(4)18-14-17-30(2)3/h25,27-32,34-35,39-40,51,57,59H,13-24,26H2,1-12H3/b33-25+,41-29?,42-27?,43-27?,44-28?,45-28?,46-29?,52-50?/t31-,32-,34?,35?,39?,40?,51?/m1/s1. The molecule has 10 nitrogen and oxygen atoms in total. The molecular weight excluding hydrogens is 813 g/mol. The van der Waals surface area contributed by atoms with Gasteiger partial charge in [-0.15, -0.1) is 0 Å². The zero-order chi connectivity index (χ0) is 47.3. The topological polar surface area (TPSA) is 144 Å². The third-order valence-electron chi connectivity index (χ3n) is 14.9. The van der Waals surface area contributed by atoms with Crippen molar-refractivity contribution in [1.29, 1.82) is 0 Å². The summed E-state index contributed by atoms with van der Waals surface area (Å²) < 4.78 is 11.1. The van der Waals surface area contributed by atoms with Gasteiger partial charge >= 0.3 is 11.9 Å². The quantitative estimate of drug-likeness (QED) is 0.0494. The van der Waals surface area contributed by atoms with Crippen molar-refractivity contribution in [2.75, 3.05) is 13.7 Å². The highest BCUT2D eigenvalue weighted by Gasteiger charge is 2.45. The van der Waals surface area contributed by atoms with Crippen LogP contribution >= 0.6 is 0 Å². The van der Waals surface area contributed by atoms with Gasteiger partial charge in [0.15, 0.2) is 11.6 Å². The van der Waals surface area contributed by atoms with Gasteiger partial charge in [-0.1, -0.05) is 99.0 Å². The van der Waals surface area contributed by atoms with Crippen molar-refractivity contribution < 1.29 is 28.7 Å². The smallest absolute Gasteiger partial charge is 0.321 e. The Morgan fingerprint density at radius 1 is 0.769 bits per heavy atom. The normalized spacial score (nSPS) is 20.4. The number of nitrogens with one attached hydrogen (secondary N) is 2. The summed E-state index contributed by atoms with van der Waals surface area (Å²) in [6, 6.07) is 5.99. The minimum absolute atomic E-state index is 0.0532. The number of carbonyl (C=O) groups excluding carboxylic acids is 4. The van der Waals surface area contributed by atoms with Crippen LogP contribution in [-0.4, -0.2) is 57.2 Å². The van der Waals surface area contributed by atoms with Gasteiger partial charge in [0, 0.05) is 74.9 Å². The van der Waals surface area contributed by atoms with E-state index in [9.17, 15) is 19.2 Å². The van der Waals surface area contributed by atoms with Gasteiger partial charge in [0.2, 0.25) is 0 Å². The third-order valence-corrected chi connectivity index (χ3v) is 14.9. The van der Waals surface area contributed by atoms with Crippen molar-refractivity contribution in [3.8, 4) is 0 Å². The SMILES string of the molecule is CCC1c2cc3[nH]c4c(c3C)C(=O)C(C(=O)OC)c4c3nc(cc4[nH]c(cc(n2)C1C)c(C(C)=O)c4C)C(C)C3CCC(=O)OC/C=C(\C)CCC[C@H](C)CCC[C@H](C)CCCC(C)C. The summed E-state index contributed by atoms with van der Waals surface area (Å²) in [4.78, 5) is 72.1. The van der Waals surface area contributed by atoms with Gasteiger partial charge in [0.25, 0.3) is 0 Å². The Morgan fingerprint density at radius 3 is 2.02 bits per heavy atom. The number of nitrogens with zero attached hydrogens (tertiary/aromatic N) is 2. The number of hydrogen-bond donors (Lipinski definition) is 2. The lowest BCUT2D eigenvalue weighted by Crippen LogP contribution is -2.21. The first-order valence-corrected chi connectivity index (χ1v) is 24.7. The first-order chi connectivity index (χ1) is 30.9. The number of ketones is 2. The maximum atomic E-state index is 14.4. The fourth-order valence-electron chi connectivity index (χ4n) is 10.8. The van der Waals surface area contributed by atoms with E-state index in [0.717, 1.165) is 70.3 Å². The number of ether oxygens (including phenoxy) is 2. The predicted molar refractivity (Wildman–Crippen MR) is 261 cm³/mol. The van der Waals surface area contributed by atoms with Crippen LogP contribution in [0.1, 0.15) is 229 Å². The van der Waals surface area contributed by atoms with E-state index in [1.54, 1.807) is 6.92 Å². The predicted octanol–water partition coefficient (Wildman–Crippen LogP) is 13.5. The Morgan fingerprint density at radius 2 is 1.37 bits per heavy atom. The number of carbonyl (C=O) groups is 4. The molecular formula is C55H76N4O6. The van der Waals surface area contributed by atoms with E-state index in [-0.39, 0.29) is 54.2 Å². The molecule has 0 radical (unpaired) electrons. The molecule has 2 N–H and O–H groups in total. The van der Waals surface area contributed by atoms with Crippen LogP contribution in [0.3, 0.4) is 0 Å². The van der Waals surface area contributed by atoms with Crippen molar-refractivity contribution in [3.63, 3.8) is 0 Å². The molecule has 7 atom stereocenters. The second-order valence-electron chi connectivity index (χ2n) is 20.3. The first kappa shape index (κ1) is 49.6. The Bertz CT molecular complexity index is 2450. The summed E-state index contributed by atoms with van der Waals surface area (Å²) in [6.07, 6.45) is 14.6. The molecule has 0 saturated carbocycles. The van der Waals surface area contributed by atoms with Crippen LogP contribution in [0.4, 0.5) is 0 Å². The number of H-pyrrole nitrogens is 2. The van der Waals surface area contributed by atoms with Gasteiger partial charge < -0.3 is 19.4 Å². The molecule has 65 heavy (non-hydrogen) atoms. The zero-order valence-corrected chi connectivity index (χ0v) is 41.5. The van der Waals surface area contributed by atoms with E-state index >= 15 is 0 Å². The number of esters is 2. The number of methoxy groups -OCH3 is 1. The molecule has 8 bridgehead atoms. The number of hydrogen-bond acceptors (Lipinski definition) is 8. The van der Waals surface area contributed by atoms with Crippen molar-refractivity contribution in [2.24, 2.45) is 17.8 Å². The van der Waals surface area contributed by atoms with Gasteiger partial charge in [-0.2, -0.15) is 0 Å². The number of aromatic nitrogens is 4. The molecule has 1 aliphatic carbocycles. The minimum Gasteiger partial charge on any atom is -0.468 e. The summed E-state index contributed by atoms with van der Waals surface area (Å²) >= 11 is 0. The summed E-state index contributed by atoms with van der Waals surface area (Å²) in [5, 5.41) is 0. The molecule has 0 amide bonds. The average molecular weight is 889 g/mol. The molecule has 3 aliphatic rings. The molecule has 5 heterocycles. The second kappa shape index (κ2) is 21.6. The van der Waals surface area contributed by atoms with Crippen molar-refractivity contribution >= 4 is 45.6 Å². The molecule has 0 saturated heterocycles. The lowest BCUT2D eigenvalue weighted by Gasteiger charge is -2.18. The number of rotatable bonds is 20.